The van der Waals surface area contributed by atoms with Crippen molar-refractivity contribution < 1.29 is 9.53 Å². The van der Waals surface area contributed by atoms with E-state index in [0.29, 0.717) is 0 Å². The number of amides is 1. The van der Waals surface area contributed by atoms with Crippen LogP contribution in [0.5, 0.6) is 5.75 Å². The van der Waals surface area contributed by atoms with Crippen LogP contribution in [0, 0.1) is 18.3 Å². The minimum atomic E-state index is 0.181. The molecule has 20 heavy (non-hydrogen) atoms. The molecule has 1 aliphatic carbocycles. The number of hydrogen-bond donors (Lipinski definition) is 2. The van der Waals surface area contributed by atoms with Crippen molar-refractivity contribution in [3.8, 4) is 5.75 Å². The highest BCUT2D eigenvalue weighted by Crippen LogP contribution is 2.58. The van der Waals surface area contributed by atoms with Gasteiger partial charge >= 0.3 is 0 Å². The molecule has 0 radical (unpaired) electrons. The second kappa shape index (κ2) is 5.09. The number of methoxy groups -OCH3 is 1. The first-order valence-corrected chi connectivity index (χ1v) is 7.31. The molecular weight excluding hydrogens is 252 g/mol. The van der Waals surface area contributed by atoms with Crippen molar-refractivity contribution in [1.82, 2.24) is 5.32 Å². The number of aryl methyl sites for hydroxylation is 1. The predicted octanol–water partition coefficient (Wildman–Crippen LogP) is 2.33. The highest BCUT2D eigenvalue weighted by atomic mass is 16.5. The van der Waals surface area contributed by atoms with Gasteiger partial charge in [0.25, 0.3) is 0 Å². The Morgan fingerprint density at radius 2 is 2.15 bits per heavy atom. The van der Waals surface area contributed by atoms with E-state index < -0.39 is 0 Å². The van der Waals surface area contributed by atoms with Crippen LogP contribution in [0.1, 0.15) is 24.8 Å². The van der Waals surface area contributed by atoms with Crippen molar-refractivity contribution in [1.29, 1.82) is 0 Å². The van der Waals surface area contributed by atoms with Gasteiger partial charge in [-0.1, -0.05) is 0 Å². The van der Waals surface area contributed by atoms with Gasteiger partial charge < -0.3 is 15.4 Å². The second-order valence-electron chi connectivity index (χ2n) is 6.04. The van der Waals surface area contributed by atoms with Crippen molar-refractivity contribution >= 4 is 11.6 Å². The lowest BCUT2D eigenvalue weighted by atomic mass is 9.91. The zero-order chi connectivity index (χ0) is 14.2. The van der Waals surface area contributed by atoms with Gasteiger partial charge in [-0.2, -0.15) is 0 Å². The molecule has 1 heterocycles. The van der Waals surface area contributed by atoms with Gasteiger partial charge in [0.05, 0.1) is 7.11 Å². The van der Waals surface area contributed by atoms with Gasteiger partial charge in [0.1, 0.15) is 5.75 Å². The van der Waals surface area contributed by atoms with E-state index >= 15 is 0 Å². The van der Waals surface area contributed by atoms with Gasteiger partial charge in [0.15, 0.2) is 0 Å². The number of carbonyl (C=O) groups excluding carboxylic acids is 1. The Hall–Kier alpha value is -1.55. The average molecular weight is 274 g/mol. The van der Waals surface area contributed by atoms with Crippen molar-refractivity contribution in [2.45, 2.75) is 26.2 Å². The molecule has 0 aromatic heterocycles. The number of piperidine rings is 1. The minimum Gasteiger partial charge on any atom is -0.497 e. The molecule has 1 aromatic carbocycles. The quantitative estimate of drug-likeness (QED) is 0.889. The van der Waals surface area contributed by atoms with E-state index in [9.17, 15) is 4.79 Å². The number of ether oxygens (including phenoxy) is 1. The van der Waals surface area contributed by atoms with Crippen LogP contribution in [0.4, 0.5) is 5.69 Å². The van der Waals surface area contributed by atoms with Crippen LogP contribution in [0.3, 0.4) is 0 Å². The Labute approximate surface area is 119 Å². The Balaban J connectivity index is 1.65. The van der Waals surface area contributed by atoms with Crippen molar-refractivity contribution in [2.75, 3.05) is 25.5 Å². The summed E-state index contributed by atoms with van der Waals surface area (Å²) >= 11 is 0. The predicted molar refractivity (Wildman–Crippen MR) is 79.0 cm³/mol. The van der Waals surface area contributed by atoms with E-state index in [0.717, 1.165) is 49.4 Å². The molecule has 108 valence electrons. The number of anilines is 1. The summed E-state index contributed by atoms with van der Waals surface area (Å²) in [5, 5.41) is 6.45. The van der Waals surface area contributed by atoms with Crippen molar-refractivity contribution in [2.24, 2.45) is 11.3 Å². The average Bonchev–Trinajstić information content (AvgIpc) is 3.15. The number of rotatable bonds is 3. The van der Waals surface area contributed by atoms with Crippen LogP contribution < -0.4 is 15.4 Å². The number of nitrogens with one attached hydrogen (secondary N) is 2. The molecule has 1 aliphatic heterocycles. The van der Waals surface area contributed by atoms with Crippen LogP contribution in [0.2, 0.25) is 0 Å². The van der Waals surface area contributed by atoms with Crippen molar-refractivity contribution in [3.05, 3.63) is 23.8 Å². The Bertz CT molecular complexity index is 521. The Morgan fingerprint density at radius 3 is 2.80 bits per heavy atom. The molecule has 1 spiro atoms. The van der Waals surface area contributed by atoms with E-state index in [1.54, 1.807) is 7.11 Å². The monoisotopic (exact) mass is 274 g/mol. The zero-order valence-corrected chi connectivity index (χ0v) is 12.2. The summed E-state index contributed by atoms with van der Waals surface area (Å²) in [6.07, 6.45) is 3.31. The van der Waals surface area contributed by atoms with Gasteiger partial charge in [0, 0.05) is 11.6 Å². The highest BCUT2D eigenvalue weighted by Gasteiger charge is 2.57. The maximum absolute atomic E-state index is 12.4. The molecule has 1 aromatic rings. The van der Waals surface area contributed by atoms with Gasteiger partial charge in [-0.05, 0) is 68.5 Å². The second-order valence-corrected chi connectivity index (χ2v) is 6.04. The summed E-state index contributed by atoms with van der Waals surface area (Å²) in [6, 6.07) is 5.75. The van der Waals surface area contributed by atoms with E-state index in [4.69, 9.17) is 4.74 Å². The van der Waals surface area contributed by atoms with Crippen LogP contribution in [0.15, 0.2) is 18.2 Å². The molecule has 2 aliphatic rings. The van der Waals surface area contributed by atoms with Crippen LogP contribution >= 0.6 is 0 Å². The molecule has 1 saturated carbocycles. The molecule has 2 N–H and O–H groups in total. The summed E-state index contributed by atoms with van der Waals surface area (Å²) in [5.41, 5.74) is 2.22. The third-order valence-corrected chi connectivity index (χ3v) is 4.80. The smallest absolute Gasteiger partial charge is 0.228 e. The van der Waals surface area contributed by atoms with E-state index in [1.807, 2.05) is 25.1 Å². The minimum absolute atomic E-state index is 0.181. The van der Waals surface area contributed by atoms with Crippen LogP contribution in [-0.4, -0.2) is 26.1 Å². The first-order valence-electron chi connectivity index (χ1n) is 7.31. The lowest BCUT2D eigenvalue weighted by Crippen LogP contribution is -2.31. The third-order valence-electron chi connectivity index (χ3n) is 4.80. The number of carbonyl (C=O) groups is 1. The summed E-state index contributed by atoms with van der Waals surface area (Å²) in [4.78, 5) is 12.4. The lowest BCUT2D eigenvalue weighted by molar-refractivity contribution is -0.118. The maximum atomic E-state index is 12.4. The van der Waals surface area contributed by atoms with Crippen LogP contribution in [-0.2, 0) is 4.79 Å². The Morgan fingerprint density at radius 1 is 1.40 bits per heavy atom. The van der Waals surface area contributed by atoms with Gasteiger partial charge in [-0.25, -0.2) is 0 Å². The lowest BCUT2D eigenvalue weighted by Gasteiger charge is -2.23. The van der Waals surface area contributed by atoms with E-state index in [-0.39, 0.29) is 17.2 Å². The van der Waals surface area contributed by atoms with E-state index in [1.165, 1.54) is 0 Å². The third kappa shape index (κ3) is 2.40. The fraction of sp³-hybridized carbons (Fsp3) is 0.562. The van der Waals surface area contributed by atoms with Gasteiger partial charge in [0.2, 0.25) is 5.91 Å². The molecule has 4 nitrogen and oxygen atoms in total. The molecule has 3 rings (SSSR count). The van der Waals surface area contributed by atoms with Gasteiger partial charge in [-0.15, -0.1) is 0 Å². The largest absolute Gasteiger partial charge is 0.497 e. The summed E-state index contributed by atoms with van der Waals surface area (Å²) in [6.45, 7) is 4.09. The fourth-order valence-electron chi connectivity index (χ4n) is 3.32. The fourth-order valence-corrected chi connectivity index (χ4v) is 3.32. The molecule has 1 atom stereocenters. The van der Waals surface area contributed by atoms with Crippen molar-refractivity contribution in [3.63, 3.8) is 0 Å². The normalized spacial score (nSPS) is 23.4. The Kier molecular flexibility index (Phi) is 3.42. The first-order chi connectivity index (χ1) is 9.64. The summed E-state index contributed by atoms with van der Waals surface area (Å²) in [7, 11) is 1.65. The van der Waals surface area contributed by atoms with Crippen LogP contribution in [0.25, 0.3) is 0 Å². The topological polar surface area (TPSA) is 50.4 Å². The number of hydrogen-bond acceptors (Lipinski definition) is 3. The van der Waals surface area contributed by atoms with E-state index in [2.05, 4.69) is 10.6 Å². The molecule has 1 saturated heterocycles. The standard InChI is InChI=1S/C16H22N2O2/c1-11-9-12(20-2)3-4-14(11)18-15(19)13-10-16(13)5-7-17-8-6-16/h3-4,9,13,17H,5-8,10H2,1-2H3,(H,18,19). The molecule has 2 fully saturated rings. The highest BCUT2D eigenvalue weighted by molar-refractivity contribution is 5.95. The molecule has 4 heteroatoms. The first kappa shape index (κ1) is 13.4. The van der Waals surface area contributed by atoms with Gasteiger partial charge in [-0.3, -0.25) is 4.79 Å². The molecule has 1 amide bonds. The maximum Gasteiger partial charge on any atom is 0.228 e. The molecular formula is C16H22N2O2. The zero-order valence-electron chi connectivity index (χ0n) is 12.2. The molecule has 1 unspecified atom stereocenters. The number of benzene rings is 1. The molecule has 0 bridgehead atoms. The SMILES string of the molecule is COc1ccc(NC(=O)C2CC23CCNCC3)c(C)c1. The summed E-state index contributed by atoms with van der Waals surface area (Å²) < 4.78 is 5.19. The summed E-state index contributed by atoms with van der Waals surface area (Å²) in [5.74, 6) is 1.20.